The van der Waals surface area contributed by atoms with E-state index in [0.29, 0.717) is 23.5 Å². The molecule has 1 aromatic heterocycles. The number of carbonyl (C=O) groups excluding carboxylic acids is 4. The zero-order valence-corrected chi connectivity index (χ0v) is 15.5. The molecule has 144 valence electrons. The minimum absolute atomic E-state index is 0.158. The van der Waals surface area contributed by atoms with Crippen LogP contribution in [-0.2, 0) is 14.4 Å². The van der Waals surface area contributed by atoms with E-state index in [9.17, 15) is 24.0 Å². The van der Waals surface area contributed by atoms with Crippen molar-refractivity contribution in [3.63, 3.8) is 0 Å². The molecule has 0 atom stereocenters. The molecule has 8 heteroatoms. The number of carbonyl (C=O) groups is 4. The molecule has 1 fully saturated rings. The van der Waals surface area contributed by atoms with E-state index >= 15 is 0 Å². The Morgan fingerprint density at radius 2 is 1.68 bits per heavy atom. The smallest absolute Gasteiger partial charge is 0.282 e. The van der Waals surface area contributed by atoms with Crippen molar-refractivity contribution in [3.05, 3.63) is 51.9 Å². The molecule has 1 aliphatic carbocycles. The third kappa shape index (κ3) is 3.80. The summed E-state index contributed by atoms with van der Waals surface area (Å²) in [6, 6.07) is 7.66. The van der Waals surface area contributed by atoms with Crippen LogP contribution in [0, 0.1) is 12.8 Å². The largest absolute Gasteiger partial charge is 0.326 e. The van der Waals surface area contributed by atoms with Crippen molar-refractivity contribution >= 4 is 28.9 Å². The fourth-order valence-corrected chi connectivity index (χ4v) is 3.21. The lowest BCUT2D eigenvalue weighted by Gasteiger charge is -2.18. The van der Waals surface area contributed by atoms with Gasteiger partial charge < -0.3 is 5.32 Å². The molecule has 8 nitrogen and oxygen atoms in total. The molecular weight excluding hydrogens is 362 g/mol. The van der Waals surface area contributed by atoms with Gasteiger partial charge in [0.05, 0.1) is 16.9 Å². The summed E-state index contributed by atoms with van der Waals surface area (Å²) in [7, 11) is 0. The van der Waals surface area contributed by atoms with E-state index in [1.54, 1.807) is 31.2 Å². The lowest BCUT2D eigenvalue weighted by Crippen LogP contribution is -2.39. The Hall–Kier alpha value is -3.42. The topological polar surface area (TPSA) is 115 Å². The first-order valence-electron chi connectivity index (χ1n) is 8.86. The molecule has 0 saturated heterocycles. The van der Waals surface area contributed by atoms with Crippen molar-refractivity contribution in [2.24, 2.45) is 5.92 Å². The number of hydrogen-bond donors (Lipinski definition) is 1. The minimum Gasteiger partial charge on any atom is -0.326 e. The summed E-state index contributed by atoms with van der Waals surface area (Å²) >= 11 is 0. The van der Waals surface area contributed by atoms with Crippen molar-refractivity contribution in [1.29, 1.82) is 0 Å². The third-order valence-electron chi connectivity index (χ3n) is 4.48. The predicted octanol–water partition coefficient (Wildman–Crippen LogP) is 1.62. The maximum Gasteiger partial charge on any atom is 0.282 e. The highest BCUT2D eigenvalue weighted by Crippen LogP contribution is 2.21. The second kappa shape index (κ2) is 7.67. The summed E-state index contributed by atoms with van der Waals surface area (Å²) in [5.74, 6) is -3.29. The van der Waals surface area contributed by atoms with E-state index < -0.39 is 28.8 Å². The number of Topliss-reactive ketones (excluding diaryl/α,β-unsaturated/α-hetero) is 3. The lowest BCUT2D eigenvalue weighted by atomic mass is 9.82. The molecule has 2 aromatic rings. The molecule has 0 bridgehead atoms. The second-order valence-corrected chi connectivity index (χ2v) is 6.73. The fraction of sp³-hybridized carbons (Fsp3) is 0.300. The van der Waals surface area contributed by atoms with E-state index in [1.165, 1.54) is 13.0 Å². The number of aromatic nitrogens is 2. The second-order valence-electron chi connectivity index (χ2n) is 6.73. The number of benzene rings is 1. The van der Waals surface area contributed by atoms with Crippen LogP contribution in [0.4, 0.5) is 5.69 Å². The molecule has 1 saturated carbocycles. The average Bonchev–Trinajstić information content (AvgIpc) is 2.63. The van der Waals surface area contributed by atoms with E-state index in [4.69, 9.17) is 0 Å². The van der Waals surface area contributed by atoms with Gasteiger partial charge in [0.2, 0.25) is 5.91 Å². The molecule has 1 N–H and O–H groups in total. The van der Waals surface area contributed by atoms with Crippen LogP contribution in [0.5, 0.6) is 0 Å². The number of amides is 1. The Kier molecular flexibility index (Phi) is 5.30. The van der Waals surface area contributed by atoms with Gasteiger partial charge in [0.15, 0.2) is 17.3 Å². The van der Waals surface area contributed by atoms with Crippen molar-refractivity contribution in [1.82, 2.24) is 9.78 Å². The summed E-state index contributed by atoms with van der Waals surface area (Å²) in [5.41, 5.74) is 0.399. The standard InChI is InChI=1S/C20H19N3O5/c1-11-10-15(19(27)18-16(25)4-3-5-17(18)26)20(28)23(22-11)14-8-6-13(7-9-14)21-12(2)24/h6-10,18H,3-5H2,1-2H3,(H,21,24). The van der Waals surface area contributed by atoms with Gasteiger partial charge in [-0.3, -0.25) is 24.0 Å². The molecule has 3 rings (SSSR count). The summed E-state index contributed by atoms with van der Waals surface area (Å²) in [6.45, 7) is 3.00. The Balaban J connectivity index is 2.02. The highest BCUT2D eigenvalue weighted by molar-refractivity contribution is 6.25. The van der Waals surface area contributed by atoms with Crippen LogP contribution < -0.4 is 10.9 Å². The summed E-state index contributed by atoms with van der Waals surface area (Å²) in [5, 5.41) is 6.77. The molecule has 0 spiro atoms. The average molecular weight is 381 g/mol. The quantitative estimate of drug-likeness (QED) is 0.636. The maximum absolute atomic E-state index is 12.9. The van der Waals surface area contributed by atoms with Crippen LogP contribution in [0.15, 0.2) is 35.1 Å². The van der Waals surface area contributed by atoms with Gasteiger partial charge in [-0.15, -0.1) is 0 Å². The van der Waals surface area contributed by atoms with Gasteiger partial charge in [0, 0.05) is 25.5 Å². The van der Waals surface area contributed by atoms with Crippen molar-refractivity contribution in [2.45, 2.75) is 33.1 Å². The van der Waals surface area contributed by atoms with Crippen molar-refractivity contribution in [2.75, 3.05) is 5.32 Å². The van der Waals surface area contributed by atoms with Gasteiger partial charge in [0.1, 0.15) is 5.92 Å². The zero-order chi connectivity index (χ0) is 20.4. The van der Waals surface area contributed by atoms with Crippen LogP contribution in [-0.4, -0.2) is 33.0 Å². The summed E-state index contributed by atoms with van der Waals surface area (Å²) < 4.78 is 1.05. The Morgan fingerprint density at radius 1 is 1.07 bits per heavy atom. The normalized spacial score (nSPS) is 14.8. The Bertz CT molecular complexity index is 1020. The Morgan fingerprint density at radius 3 is 2.25 bits per heavy atom. The van der Waals surface area contributed by atoms with Crippen LogP contribution in [0.25, 0.3) is 5.69 Å². The van der Waals surface area contributed by atoms with Gasteiger partial charge in [0.25, 0.3) is 5.56 Å². The van der Waals surface area contributed by atoms with E-state index in [1.807, 2.05) is 0 Å². The highest BCUT2D eigenvalue weighted by atomic mass is 16.2. The molecule has 0 unspecified atom stereocenters. The minimum atomic E-state index is -1.40. The van der Waals surface area contributed by atoms with Crippen LogP contribution in [0.2, 0.25) is 0 Å². The van der Waals surface area contributed by atoms with Gasteiger partial charge in [-0.1, -0.05) is 0 Å². The molecule has 1 heterocycles. The monoisotopic (exact) mass is 381 g/mol. The predicted molar refractivity (Wildman–Crippen MR) is 101 cm³/mol. The maximum atomic E-state index is 12.9. The van der Waals surface area contributed by atoms with E-state index in [2.05, 4.69) is 10.4 Å². The van der Waals surface area contributed by atoms with Crippen molar-refractivity contribution in [3.8, 4) is 5.69 Å². The fourth-order valence-electron chi connectivity index (χ4n) is 3.21. The number of rotatable bonds is 4. The van der Waals surface area contributed by atoms with Crippen LogP contribution in [0.1, 0.15) is 42.2 Å². The van der Waals surface area contributed by atoms with Gasteiger partial charge >= 0.3 is 0 Å². The zero-order valence-electron chi connectivity index (χ0n) is 15.5. The molecule has 0 radical (unpaired) electrons. The third-order valence-corrected chi connectivity index (χ3v) is 4.48. The van der Waals surface area contributed by atoms with Crippen LogP contribution >= 0.6 is 0 Å². The van der Waals surface area contributed by atoms with Crippen molar-refractivity contribution < 1.29 is 19.2 Å². The van der Waals surface area contributed by atoms with E-state index in [0.717, 1.165) is 4.68 Å². The van der Waals surface area contributed by atoms with E-state index in [-0.39, 0.29) is 24.3 Å². The first-order chi connectivity index (χ1) is 13.3. The SMILES string of the molecule is CC(=O)Nc1ccc(-n2nc(C)cc(C(=O)C3C(=O)CCCC3=O)c2=O)cc1. The van der Waals surface area contributed by atoms with Crippen LogP contribution in [0.3, 0.4) is 0 Å². The summed E-state index contributed by atoms with van der Waals surface area (Å²) in [4.78, 5) is 61.0. The molecule has 28 heavy (non-hydrogen) atoms. The number of nitrogens with one attached hydrogen (secondary N) is 1. The number of nitrogens with zero attached hydrogens (tertiary/aromatic N) is 2. The first kappa shape index (κ1) is 19.3. The number of anilines is 1. The summed E-state index contributed by atoms with van der Waals surface area (Å²) in [6.07, 6.45) is 0.748. The molecular formula is C20H19N3O5. The first-order valence-corrected chi connectivity index (χ1v) is 8.86. The Labute approximate surface area is 160 Å². The van der Waals surface area contributed by atoms with Gasteiger partial charge in [-0.2, -0.15) is 9.78 Å². The highest BCUT2D eigenvalue weighted by Gasteiger charge is 2.37. The van der Waals surface area contributed by atoms with Gasteiger partial charge in [-0.05, 0) is 43.7 Å². The molecule has 0 aliphatic heterocycles. The number of hydrogen-bond acceptors (Lipinski definition) is 6. The van der Waals surface area contributed by atoms with Gasteiger partial charge in [-0.25, -0.2) is 0 Å². The molecule has 1 amide bonds. The molecule has 1 aromatic carbocycles. The number of aryl methyl sites for hydroxylation is 1. The lowest BCUT2D eigenvalue weighted by molar-refractivity contribution is -0.133. The molecule has 1 aliphatic rings. The number of ketones is 3.